The summed E-state index contributed by atoms with van der Waals surface area (Å²) < 4.78 is 0. The van der Waals surface area contributed by atoms with Gasteiger partial charge in [0.1, 0.15) is 16.5 Å². The third-order valence-corrected chi connectivity index (χ3v) is 1.93. The number of benzene rings is 1. The summed E-state index contributed by atoms with van der Waals surface area (Å²) in [6, 6.07) is 3.12. The van der Waals surface area contributed by atoms with Crippen LogP contribution in [-0.4, -0.2) is 10.2 Å². The van der Waals surface area contributed by atoms with E-state index >= 15 is 0 Å². The summed E-state index contributed by atoms with van der Waals surface area (Å²) in [7, 11) is 0. The second-order valence-corrected chi connectivity index (χ2v) is 2.64. The van der Waals surface area contributed by atoms with Gasteiger partial charge in [-0.1, -0.05) is 24.6 Å². The molecule has 0 fully saturated rings. The van der Waals surface area contributed by atoms with Crippen LogP contribution in [-0.2, 0) is 6.42 Å². The van der Waals surface area contributed by atoms with E-state index in [0.29, 0.717) is 6.42 Å². The Balaban J connectivity index is 3.25. The summed E-state index contributed by atoms with van der Waals surface area (Å²) in [5.41, 5.74) is 0.743. The van der Waals surface area contributed by atoms with Crippen LogP contribution < -0.4 is 0 Å². The molecule has 2 nitrogen and oxygen atoms in total. The van der Waals surface area contributed by atoms with Crippen LogP contribution in [0.1, 0.15) is 12.5 Å². The Bertz CT molecular complexity index is 271. The SMILES string of the molecule is CCc1ccc(O)c(Cl)c1O. The van der Waals surface area contributed by atoms with Crippen molar-refractivity contribution in [2.45, 2.75) is 13.3 Å². The van der Waals surface area contributed by atoms with Crippen LogP contribution in [0.5, 0.6) is 11.5 Å². The van der Waals surface area contributed by atoms with E-state index in [-0.39, 0.29) is 16.5 Å². The first kappa shape index (κ1) is 8.21. The molecule has 1 rings (SSSR count). The summed E-state index contributed by atoms with van der Waals surface area (Å²) in [4.78, 5) is 0. The Morgan fingerprint density at radius 3 is 2.55 bits per heavy atom. The topological polar surface area (TPSA) is 40.5 Å². The predicted molar refractivity (Wildman–Crippen MR) is 44.2 cm³/mol. The van der Waals surface area contributed by atoms with Crippen LogP contribution in [0.15, 0.2) is 12.1 Å². The molecule has 0 spiro atoms. The maximum Gasteiger partial charge on any atom is 0.141 e. The first-order chi connectivity index (χ1) is 5.16. The summed E-state index contributed by atoms with van der Waals surface area (Å²) in [5, 5.41) is 18.3. The molecule has 0 bridgehead atoms. The van der Waals surface area contributed by atoms with Crippen molar-refractivity contribution >= 4 is 11.6 Å². The molecular formula is C8H9ClO2. The van der Waals surface area contributed by atoms with Gasteiger partial charge in [-0.15, -0.1) is 0 Å². The number of halogens is 1. The van der Waals surface area contributed by atoms with Gasteiger partial charge in [-0.2, -0.15) is 0 Å². The van der Waals surface area contributed by atoms with Crippen LogP contribution in [0.4, 0.5) is 0 Å². The lowest BCUT2D eigenvalue weighted by Crippen LogP contribution is -1.81. The Kier molecular flexibility index (Phi) is 2.25. The molecule has 60 valence electrons. The standard InChI is InChI=1S/C8H9ClO2/c1-2-5-3-4-6(10)7(9)8(5)11/h3-4,10-11H,2H2,1H3. The van der Waals surface area contributed by atoms with Crippen molar-refractivity contribution < 1.29 is 10.2 Å². The minimum atomic E-state index is -0.0821. The summed E-state index contributed by atoms with van der Waals surface area (Å²) in [5.74, 6) is -0.101. The average molecular weight is 173 g/mol. The van der Waals surface area contributed by atoms with E-state index in [0.717, 1.165) is 5.56 Å². The van der Waals surface area contributed by atoms with Crippen LogP contribution in [0.3, 0.4) is 0 Å². The Labute approximate surface area is 70.1 Å². The zero-order chi connectivity index (χ0) is 8.43. The van der Waals surface area contributed by atoms with Gasteiger partial charge < -0.3 is 10.2 Å². The minimum absolute atomic E-state index is 0.0193. The van der Waals surface area contributed by atoms with Crippen molar-refractivity contribution in [2.24, 2.45) is 0 Å². The van der Waals surface area contributed by atoms with Crippen molar-refractivity contribution in [1.82, 2.24) is 0 Å². The van der Waals surface area contributed by atoms with Gasteiger partial charge in [0.15, 0.2) is 0 Å². The highest BCUT2D eigenvalue weighted by molar-refractivity contribution is 6.33. The smallest absolute Gasteiger partial charge is 0.141 e. The molecule has 11 heavy (non-hydrogen) atoms. The van der Waals surface area contributed by atoms with Crippen LogP contribution in [0.25, 0.3) is 0 Å². The van der Waals surface area contributed by atoms with E-state index in [9.17, 15) is 5.11 Å². The Morgan fingerprint density at radius 2 is 2.00 bits per heavy atom. The third-order valence-electron chi connectivity index (χ3n) is 1.56. The van der Waals surface area contributed by atoms with Crippen molar-refractivity contribution in [2.75, 3.05) is 0 Å². The molecule has 1 aromatic rings. The highest BCUT2D eigenvalue weighted by atomic mass is 35.5. The second-order valence-electron chi connectivity index (χ2n) is 2.26. The van der Waals surface area contributed by atoms with Gasteiger partial charge in [0, 0.05) is 0 Å². The van der Waals surface area contributed by atoms with Gasteiger partial charge in [-0.25, -0.2) is 0 Å². The maximum absolute atomic E-state index is 9.29. The second kappa shape index (κ2) is 3.01. The molecule has 0 heterocycles. The van der Waals surface area contributed by atoms with Crippen LogP contribution >= 0.6 is 11.6 Å². The van der Waals surface area contributed by atoms with Crippen molar-refractivity contribution in [1.29, 1.82) is 0 Å². The summed E-state index contributed by atoms with van der Waals surface area (Å²) in [6.45, 7) is 1.91. The van der Waals surface area contributed by atoms with Gasteiger partial charge >= 0.3 is 0 Å². The van der Waals surface area contributed by atoms with E-state index in [1.54, 1.807) is 6.07 Å². The van der Waals surface area contributed by atoms with Gasteiger partial charge in [0.2, 0.25) is 0 Å². The number of hydrogen-bond acceptors (Lipinski definition) is 2. The molecule has 0 amide bonds. The predicted octanol–water partition coefficient (Wildman–Crippen LogP) is 2.31. The fourth-order valence-corrected chi connectivity index (χ4v) is 1.06. The number of phenols is 2. The normalized spacial score (nSPS) is 10.0. The van der Waals surface area contributed by atoms with E-state index in [4.69, 9.17) is 16.7 Å². The van der Waals surface area contributed by atoms with Gasteiger partial charge in [0.25, 0.3) is 0 Å². The monoisotopic (exact) mass is 172 g/mol. The molecule has 2 N–H and O–H groups in total. The molecule has 0 aliphatic heterocycles. The largest absolute Gasteiger partial charge is 0.506 e. The zero-order valence-corrected chi connectivity index (χ0v) is 6.89. The molecule has 0 aromatic heterocycles. The molecule has 3 heteroatoms. The zero-order valence-electron chi connectivity index (χ0n) is 6.13. The molecule has 1 aromatic carbocycles. The molecule has 0 aliphatic carbocycles. The van der Waals surface area contributed by atoms with Crippen LogP contribution in [0.2, 0.25) is 5.02 Å². The number of aromatic hydroxyl groups is 2. The number of rotatable bonds is 1. The lowest BCUT2D eigenvalue weighted by atomic mass is 10.1. The third kappa shape index (κ3) is 1.40. The highest BCUT2D eigenvalue weighted by Crippen LogP contribution is 2.35. The van der Waals surface area contributed by atoms with E-state index in [1.165, 1.54) is 6.07 Å². The maximum atomic E-state index is 9.29. The van der Waals surface area contributed by atoms with E-state index in [1.807, 2.05) is 6.92 Å². The van der Waals surface area contributed by atoms with Gasteiger partial charge in [-0.05, 0) is 18.1 Å². The lowest BCUT2D eigenvalue weighted by molar-refractivity contribution is 0.447. The molecule has 0 saturated heterocycles. The highest BCUT2D eigenvalue weighted by Gasteiger charge is 2.07. The molecule has 0 radical (unpaired) electrons. The molecular weight excluding hydrogens is 164 g/mol. The van der Waals surface area contributed by atoms with Crippen LogP contribution in [0, 0.1) is 0 Å². The van der Waals surface area contributed by atoms with E-state index in [2.05, 4.69) is 0 Å². The average Bonchev–Trinajstić information content (AvgIpc) is 2.01. The Hall–Kier alpha value is -0.890. The first-order valence-electron chi connectivity index (χ1n) is 3.36. The quantitative estimate of drug-likeness (QED) is 0.683. The molecule has 0 saturated carbocycles. The van der Waals surface area contributed by atoms with Gasteiger partial charge in [0.05, 0.1) is 0 Å². The van der Waals surface area contributed by atoms with Crippen molar-refractivity contribution in [3.63, 3.8) is 0 Å². The summed E-state index contributed by atoms with van der Waals surface area (Å²) >= 11 is 5.56. The minimum Gasteiger partial charge on any atom is -0.506 e. The number of aryl methyl sites for hydroxylation is 1. The molecule has 0 aliphatic rings. The van der Waals surface area contributed by atoms with E-state index < -0.39 is 0 Å². The number of hydrogen-bond donors (Lipinski definition) is 2. The Morgan fingerprint density at radius 1 is 1.36 bits per heavy atom. The molecule has 0 atom stereocenters. The first-order valence-corrected chi connectivity index (χ1v) is 3.74. The van der Waals surface area contributed by atoms with Crippen molar-refractivity contribution in [3.8, 4) is 11.5 Å². The lowest BCUT2D eigenvalue weighted by Gasteiger charge is -2.03. The van der Waals surface area contributed by atoms with Crippen molar-refractivity contribution in [3.05, 3.63) is 22.7 Å². The molecule has 0 unspecified atom stereocenters. The fourth-order valence-electron chi connectivity index (χ4n) is 0.879. The number of phenolic OH excluding ortho intramolecular Hbond substituents is 2. The van der Waals surface area contributed by atoms with Gasteiger partial charge in [-0.3, -0.25) is 0 Å². The summed E-state index contributed by atoms with van der Waals surface area (Å²) in [6.07, 6.45) is 0.700. The fraction of sp³-hybridized carbons (Fsp3) is 0.250.